The number of piperidine rings is 1. The third-order valence-electron chi connectivity index (χ3n) is 6.70. The first kappa shape index (κ1) is 19.0. The minimum absolute atomic E-state index is 0.00430. The summed E-state index contributed by atoms with van der Waals surface area (Å²) in [4.78, 5) is 32.2. The first-order valence-electron chi connectivity index (χ1n) is 10.9. The number of likely N-dealkylation sites (tertiary alicyclic amines) is 1. The van der Waals surface area contributed by atoms with Gasteiger partial charge in [0.05, 0.1) is 0 Å². The Bertz CT molecular complexity index is 1130. The molecule has 0 N–H and O–H groups in total. The monoisotopic (exact) mass is 405 g/mol. The number of nitrogens with zero attached hydrogens (tertiary/aromatic N) is 5. The van der Waals surface area contributed by atoms with E-state index < -0.39 is 0 Å². The summed E-state index contributed by atoms with van der Waals surface area (Å²) in [6, 6.07) is 10.1. The molecule has 3 heterocycles. The van der Waals surface area contributed by atoms with E-state index in [0.29, 0.717) is 18.8 Å². The van der Waals surface area contributed by atoms with E-state index in [1.165, 1.54) is 17.5 Å². The molecule has 5 rings (SSSR count). The van der Waals surface area contributed by atoms with Crippen LogP contribution in [-0.4, -0.2) is 43.2 Å². The van der Waals surface area contributed by atoms with Crippen LogP contribution in [0.25, 0.3) is 10.8 Å². The number of hydrogen-bond donors (Lipinski definition) is 0. The second kappa shape index (κ2) is 7.70. The number of aryl methyl sites for hydroxylation is 1. The Balaban J connectivity index is 1.35. The zero-order valence-corrected chi connectivity index (χ0v) is 17.3. The molecule has 30 heavy (non-hydrogen) atoms. The number of benzene rings is 1. The number of carbonyl (C=O) groups excluding carboxylic acids is 1. The summed E-state index contributed by atoms with van der Waals surface area (Å²) in [6.45, 7) is 1.31. The summed E-state index contributed by atoms with van der Waals surface area (Å²) in [5.74, 6) is 1.10. The van der Waals surface area contributed by atoms with Gasteiger partial charge in [-0.1, -0.05) is 37.1 Å². The van der Waals surface area contributed by atoms with Gasteiger partial charge >= 0.3 is 5.69 Å². The first-order valence-corrected chi connectivity index (χ1v) is 10.9. The van der Waals surface area contributed by atoms with Crippen molar-refractivity contribution >= 4 is 16.7 Å². The zero-order valence-electron chi connectivity index (χ0n) is 17.3. The molecule has 0 atom stereocenters. The van der Waals surface area contributed by atoms with Gasteiger partial charge < -0.3 is 4.90 Å². The Morgan fingerprint density at radius 3 is 2.53 bits per heavy atom. The van der Waals surface area contributed by atoms with Gasteiger partial charge in [0.15, 0.2) is 0 Å². The molecule has 7 nitrogen and oxygen atoms in total. The number of carbonyl (C=O) groups is 1. The topological polar surface area (TPSA) is 73.0 Å². The second-order valence-electron chi connectivity index (χ2n) is 8.52. The number of aromatic nitrogens is 4. The van der Waals surface area contributed by atoms with E-state index in [2.05, 4.69) is 10.1 Å². The lowest BCUT2D eigenvalue weighted by Crippen LogP contribution is -2.39. The number of rotatable bonds is 3. The van der Waals surface area contributed by atoms with Crippen molar-refractivity contribution in [2.75, 3.05) is 13.1 Å². The number of hydrogen-bond acceptors (Lipinski definition) is 4. The Morgan fingerprint density at radius 1 is 1.03 bits per heavy atom. The maximum Gasteiger partial charge on any atom is 0.345 e. The van der Waals surface area contributed by atoms with E-state index in [0.717, 1.165) is 42.3 Å². The predicted octanol–water partition coefficient (Wildman–Crippen LogP) is 3.26. The molecular weight excluding hydrogens is 378 g/mol. The van der Waals surface area contributed by atoms with Crippen LogP contribution < -0.4 is 5.69 Å². The van der Waals surface area contributed by atoms with Crippen LogP contribution in [0.2, 0.25) is 0 Å². The molecular formula is C23H27N5O2. The molecule has 1 saturated carbocycles. The Kier molecular flexibility index (Phi) is 4.89. The SMILES string of the molecule is Cn1nc(C2CCN(C(=O)c3nccc4ccccc34)CC2)n(C2CCCC2)c1=O. The highest BCUT2D eigenvalue weighted by atomic mass is 16.2. The Labute approximate surface area is 175 Å². The minimum Gasteiger partial charge on any atom is -0.337 e. The van der Waals surface area contributed by atoms with Crippen LogP contribution in [0.4, 0.5) is 0 Å². The molecule has 7 heteroatoms. The molecule has 1 aliphatic heterocycles. The molecule has 1 amide bonds. The number of amides is 1. The highest BCUT2D eigenvalue weighted by Gasteiger charge is 2.32. The van der Waals surface area contributed by atoms with Crippen molar-refractivity contribution in [1.82, 2.24) is 24.2 Å². The average Bonchev–Trinajstić information content (AvgIpc) is 3.41. The van der Waals surface area contributed by atoms with E-state index in [-0.39, 0.29) is 23.6 Å². The van der Waals surface area contributed by atoms with E-state index >= 15 is 0 Å². The molecule has 2 fully saturated rings. The molecule has 2 aliphatic rings. The molecule has 1 aliphatic carbocycles. The third kappa shape index (κ3) is 3.22. The fraction of sp³-hybridized carbons (Fsp3) is 0.478. The lowest BCUT2D eigenvalue weighted by Gasteiger charge is -2.32. The standard InChI is InChI=1S/C23H27N5O2/c1-26-23(30)28(18-7-3-4-8-18)21(25-26)17-11-14-27(15-12-17)22(29)20-19-9-5-2-6-16(19)10-13-24-20/h2,5-6,9-10,13,17-18H,3-4,7-8,11-12,14-15H2,1H3. The van der Waals surface area contributed by atoms with Crippen LogP contribution in [0.3, 0.4) is 0 Å². The fourth-order valence-electron chi connectivity index (χ4n) is 5.06. The van der Waals surface area contributed by atoms with Crippen molar-refractivity contribution < 1.29 is 4.79 Å². The van der Waals surface area contributed by atoms with Crippen molar-refractivity contribution in [2.45, 2.75) is 50.5 Å². The summed E-state index contributed by atoms with van der Waals surface area (Å²) in [5, 5.41) is 6.52. The van der Waals surface area contributed by atoms with E-state index in [9.17, 15) is 9.59 Å². The smallest absolute Gasteiger partial charge is 0.337 e. The highest BCUT2D eigenvalue weighted by Crippen LogP contribution is 2.34. The Morgan fingerprint density at radius 2 is 1.77 bits per heavy atom. The highest BCUT2D eigenvalue weighted by molar-refractivity contribution is 6.05. The summed E-state index contributed by atoms with van der Waals surface area (Å²) in [5.41, 5.74) is 0.516. The van der Waals surface area contributed by atoms with E-state index in [1.54, 1.807) is 13.2 Å². The lowest BCUT2D eigenvalue weighted by molar-refractivity contribution is 0.0706. The van der Waals surface area contributed by atoms with Gasteiger partial charge in [-0.2, -0.15) is 5.10 Å². The zero-order chi connectivity index (χ0) is 20.7. The van der Waals surface area contributed by atoms with Crippen LogP contribution in [0, 0.1) is 0 Å². The molecule has 3 aromatic rings. The normalized spacial score (nSPS) is 18.4. The molecule has 2 aromatic heterocycles. The van der Waals surface area contributed by atoms with Gasteiger partial charge in [-0.15, -0.1) is 0 Å². The molecule has 0 spiro atoms. The van der Waals surface area contributed by atoms with Gasteiger partial charge in [0.1, 0.15) is 11.5 Å². The van der Waals surface area contributed by atoms with Crippen molar-refractivity contribution in [3.8, 4) is 0 Å². The van der Waals surface area contributed by atoms with Crippen LogP contribution in [0.5, 0.6) is 0 Å². The summed E-state index contributed by atoms with van der Waals surface area (Å²) in [7, 11) is 1.74. The number of pyridine rings is 1. The van der Waals surface area contributed by atoms with Crippen LogP contribution >= 0.6 is 0 Å². The van der Waals surface area contributed by atoms with Crippen molar-refractivity contribution in [1.29, 1.82) is 0 Å². The van der Waals surface area contributed by atoms with Crippen molar-refractivity contribution in [3.63, 3.8) is 0 Å². The molecule has 1 saturated heterocycles. The van der Waals surface area contributed by atoms with Gasteiger partial charge in [0, 0.05) is 43.7 Å². The van der Waals surface area contributed by atoms with Crippen molar-refractivity contribution in [3.05, 3.63) is 58.5 Å². The van der Waals surface area contributed by atoms with Crippen molar-refractivity contribution in [2.24, 2.45) is 7.05 Å². The van der Waals surface area contributed by atoms with Crippen LogP contribution in [0.15, 0.2) is 41.3 Å². The first-order chi connectivity index (χ1) is 14.6. The van der Waals surface area contributed by atoms with Crippen LogP contribution in [0.1, 0.15) is 66.8 Å². The second-order valence-corrected chi connectivity index (χ2v) is 8.52. The number of fused-ring (bicyclic) bond motifs is 1. The predicted molar refractivity (Wildman–Crippen MR) is 115 cm³/mol. The van der Waals surface area contributed by atoms with Gasteiger partial charge in [-0.25, -0.2) is 9.48 Å². The van der Waals surface area contributed by atoms with Crippen LogP contribution in [-0.2, 0) is 7.05 Å². The maximum atomic E-state index is 13.2. The molecule has 0 radical (unpaired) electrons. The summed E-state index contributed by atoms with van der Waals surface area (Å²) < 4.78 is 3.42. The lowest BCUT2D eigenvalue weighted by atomic mass is 9.95. The Hall–Kier alpha value is -2.96. The minimum atomic E-state index is -0.0144. The fourth-order valence-corrected chi connectivity index (χ4v) is 5.06. The van der Waals surface area contributed by atoms with Gasteiger partial charge in [0.2, 0.25) is 0 Å². The van der Waals surface area contributed by atoms with Gasteiger partial charge in [0.25, 0.3) is 5.91 Å². The summed E-state index contributed by atoms with van der Waals surface area (Å²) in [6.07, 6.45) is 7.81. The quantitative estimate of drug-likeness (QED) is 0.670. The molecule has 156 valence electrons. The third-order valence-corrected chi connectivity index (χ3v) is 6.70. The summed E-state index contributed by atoms with van der Waals surface area (Å²) >= 11 is 0. The maximum absolute atomic E-state index is 13.2. The molecule has 1 aromatic carbocycles. The van der Waals surface area contributed by atoms with E-state index in [4.69, 9.17) is 0 Å². The molecule has 0 bridgehead atoms. The largest absolute Gasteiger partial charge is 0.345 e. The average molecular weight is 406 g/mol. The van der Waals surface area contributed by atoms with Gasteiger partial charge in [-0.3, -0.25) is 14.3 Å². The van der Waals surface area contributed by atoms with Gasteiger partial charge in [-0.05, 0) is 37.1 Å². The molecule has 0 unspecified atom stereocenters. The van der Waals surface area contributed by atoms with E-state index in [1.807, 2.05) is 39.8 Å².